The summed E-state index contributed by atoms with van der Waals surface area (Å²) in [7, 11) is 0. The van der Waals surface area contributed by atoms with Crippen LogP contribution in [0, 0.1) is 5.92 Å². The summed E-state index contributed by atoms with van der Waals surface area (Å²) < 4.78 is 1.99. The molecule has 0 aromatic carbocycles. The fraction of sp³-hybridized carbons (Fsp3) is 0.600. The maximum atomic E-state index is 11.2. The number of imidazole rings is 1. The van der Waals surface area contributed by atoms with Gasteiger partial charge in [-0.1, -0.05) is 20.8 Å². The fourth-order valence-electron chi connectivity index (χ4n) is 1.50. The number of amides is 1. The van der Waals surface area contributed by atoms with Crippen molar-refractivity contribution < 1.29 is 4.79 Å². The van der Waals surface area contributed by atoms with Crippen LogP contribution in [0.3, 0.4) is 0 Å². The van der Waals surface area contributed by atoms with Crippen LogP contribution in [0.4, 0.5) is 0 Å². The zero-order valence-corrected chi connectivity index (χ0v) is 9.40. The maximum Gasteiger partial charge on any atom is 0.238 e. The molecule has 1 rings (SSSR count). The Balaban J connectivity index is 2.72. The summed E-state index contributed by atoms with van der Waals surface area (Å²) in [5, 5.41) is 0. The van der Waals surface area contributed by atoms with Gasteiger partial charge in [0.15, 0.2) is 0 Å². The van der Waals surface area contributed by atoms with Crippen molar-refractivity contribution in [3.63, 3.8) is 0 Å². The summed E-state index contributed by atoms with van der Waals surface area (Å²) in [6, 6.07) is 0. The van der Waals surface area contributed by atoms with E-state index in [4.69, 9.17) is 5.84 Å². The van der Waals surface area contributed by atoms with Crippen LogP contribution >= 0.6 is 0 Å². The van der Waals surface area contributed by atoms with Gasteiger partial charge in [-0.15, -0.1) is 0 Å². The number of carbonyl (C=O) groups excluding carboxylic acids is 1. The second kappa shape index (κ2) is 4.93. The molecule has 0 radical (unpaired) electrons. The van der Waals surface area contributed by atoms with E-state index in [0.717, 1.165) is 5.82 Å². The minimum absolute atomic E-state index is 0.151. The van der Waals surface area contributed by atoms with Crippen LogP contribution < -0.4 is 11.3 Å². The molecule has 1 aromatic rings. The Labute approximate surface area is 89.6 Å². The van der Waals surface area contributed by atoms with Gasteiger partial charge in [-0.2, -0.15) is 0 Å². The lowest BCUT2D eigenvalue weighted by atomic mass is 10.1. The summed E-state index contributed by atoms with van der Waals surface area (Å²) in [5.74, 6) is 6.12. The molecular formula is C10H18N4O. The van der Waals surface area contributed by atoms with Crippen molar-refractivity contribution >= 4 is 5.91 Å². The number of nitrogens with two attached hydrogens (primary N) is 1. The van der Waals surface area contributed by atoms with Gasteiger partial charge in [0, 0.05) is 24.9 Å². The molecule has 0 aliphatic rings. The number of hydrazine groups is 1. The third-order valence-corrected chi connectivity index (χ3v) is 2.32. The van der Waals surface area contributed by atoms with Gasteiger partial charge in [0.25, 0.3) is 0 Å². The first-order chi connectivity index (χ1) is 7.06. The average molecular weight is 210 g/mol. The molecule has 5 heteroatoms. The van der Waals surface area contributed by atoms with E-state index in [0.29, 0.717) is 12.5 Å². The van der Waals surface area contributed by atoms with Gasteiger partial charge in [0.1, 0.15) is 5.82 Å². The van der Waals surface area contributed by atoms with Gasteiger partial charge in [0.05, 0.1) is 5.92 Å². The molecule has 84 valence electrons. The lowest BCUT2D eigenvalue weighted by molar-refractivity contribution is -0.124. The highest BCUT2D eigenvalue weighted by Gasteiger charge is 2.14. The Kier molecular flexibility index (Phi) is 3.85. The molecule has 0 saturated heterocycles. The molecular weight excluding hydrogens is 192 g/mol. The number of nitrogens with zero attached hydrogens (tertiary/aromatic N) is 2. The number of rotatable bonds is 4. The van der Waals surface area contributed by atoms with Crippen LogP contribution in [-0.4, -0.2) is 15.5 Å². The van der Waals surface area contributed by atoms with Gasteiger partial charge >= 0.3 is 0 Å². The van der Waals surface area contributed by atoms with E-state index in [9.17, 15) is 4.79 Å². The molecule has 1 heterocycles. The zero-order valence-electron chi connectivity index (χ0n) is 9.40. The standard InChI is InChI=1S/C10H18N4O/c1-7(2)9-12-4-5-14(9)6-8(3)10(15)13-11/h4-5,7-8H,6,11H2,1-3H3,(H,13,15). The van der Waals surface area contributed by atoms with Crippen LogP contribution in [0.25, 0.3) is 0 Å². The van der Waals surface area contributed by atoms with Crippen molar-refractivity contribution in [2.75, 3.05) is 0 Å². The number of carbonyl (C=O) groups is 1. The molecule has 1 aromatic heterocycles. The summed E-state index contributed by atoms with van der Waals surface area (Å²) >= 11 is 0. The number of hydrogen-bond donors (Lipinski definition) is 2. The Bertz CT molecular complexity index is 332. The predicted molar refractivity (Wildman–Crippen MR) is 57.8 cm³/mol. The molecule has 5 nitrogen and oxygen atoms in total. The van der Waals surface area contributed by atoms with Crippen LogP contribution in [0.2, 0.25) is 0 Å². The largest absolute Gasteiger partial charge is 0.334 e. The van der Waals surface area contributed by atoms with Gasteiger partial charge < -0.3 is 4.57 Å². The lowest BCUT2D eigenvalue weighted by Gasteiger charge is -2.14. The van der Waals surface area contributed by atoms with E-state index in [1.807, 2.05) is 17.7 Å². The van der Waals surface area contributed by atoms with Crippen molar-refractivity contribution in [3.8, 4) is 0 Å². The molecule has 0 saturated carbocycles. The molecule has 1 atom stereocenters. The van der Waals surface area contributed by atoms with Gasteiger partial charge in [-0.3, -0.25) is 10.2 Å². The minimum Gasteiger partial charge on any atom is -0.334 e. The molecule has 0 fully saturated rings. The smallest absolute Gasteiger partial charge is 0.238 e. The molecule has 0 bridgehead atoms. The first-order valence-corrected chi connectivity index (χ1v) is 5.07. The second-order valence-electron chi connectivity index (χ2n) is 4.00. The summed E-state index contributed by atoms with van der Waals surface area (Å²) in [6.45, 7) is 6.60. The minimum atomic E-state index is -0.154. The van der Waals surface area contributed by atoms with E-state index >= 15 is 0 Å². The third-order valence-electron chi connectivity index (χ3n) is 2.32. The van der Waals surface area contributed by atoms with E-state index < -0.39 is 0 Å². The summed E-state index contributed by atoms with van der Waals surface area (Å²) in [5.41, 5.74) is 2.15. The van der Waals surface area contributed by atoms with Crippen molar-refractivity contribution in [2.45, 2.75) is 33.2 Å². The highest BCUT2D eigenvalue weighted by atomic mass is 16.2. The van der Waals surface area contributed by atoms with Crippen molar-refractivity contribution in [1.29, 1.82) is 0 Å². The highest BCUT2D eigenvalue weighted by molar-refractivity contribution is 5.77. The van der Waals surface area contributed by atoms with Crippen molar-refractivity contribution in [1.82, 2.24) is 15.0 Å². The highest BCUT2D eigenvalue weighted by Crippen LogP contribution is 2.13. The normalized spacial score (nSPS) is 12.9. The number of hydrogen-bond acceptors (Lipinski definition) is 3. The van der Waals surface area contributed by atoms with Crippen LogP contribution in [-0.2, 0) is 11.3 Å². The van der Waals surface area contributed by atoms with Crippen LogP contribution in [0.15, 0.2) is 12.4 Å². The van der Waals surface area contributed by atoms with Crippen molar-refractivity contribution in [2.24, 2.45) is 11.8 Å². The van der Waals surface area contributed by atoms with E-state index in [2.05, 4.69) is 24.3 Å². The Morgan fingerprint density at radius 1 is 1.60 bits per heavy atom. The zero-order chi connectivity index (χ0) is 11.4. The predicted octanol–water partition coefficient (Wildman–Crippen LogP) is 0.633. The Morgan fingerprint density at radius 2 is 2.27 bits per heavy atom. The maximum absolute atomic E-state index is 11.2. The monoisotopic (exact) mass is 210 g/mol. The lowest BCUT2D eigenvalue weighted by Crippen LogP contribution is -2.36. The fourth-order valence-corrected chi connectivity index (χ4v) is 1.50. The molecule has 0 aliphatic heterocycles. The van der Waals surface area contributed by atoms with E-state index in [-0.39, 0.29) is 11.8 Å². The molecule has 0 spiro atoms. The molecule has 1 unspecified atom stereocenters. The van der Waals surface area contributed by atoms with E-state index in [1.165, 1.54) is 0 Å². The average Bonchev–Trinajstić information content (AvgIpc) is 2.64. The molecule has 0 aliphatic carbocycles. The summed E-state index contributed by atoms with van der Waals surface area (Å²) in [6.07, 6.45) is 3.64. The number of aromatic nitrogens is 2. The Hall–Kier alpha value is -1.36. The van der Waals surface area contributed by atoms with E-state index in [1.54, 1.807) is 6.20 Å². The van der Waals surface area contributed by atoms with Gasteiger partial charge in [-0.25, -0.2) is 10.8 Å². The first kappa shape index (κ1) is 11.7. The first-order valence-electron chi connectivity index (χ1n) is 5.07. The van der Waals surface area contributed by atoms with Gasteiger partial charge in [-0.05, 0) is 0 Å². The second-order valence-corrected chi connectivity index (χ2v) is 4.00. The number of nitrogens with one attached hydrogen (secondary N) is 1. The quantitative estimate of drug-likeness (QED) is 0.435. The molecule has 15 heavy (non-hydrogen) atoms. The molecule has 3 N–H and O–H groups in total. The Morgan fingerprint density at radius 3 is 2.80 bits per heavy atom. The van der Waals surface area contributed by atoms with Crippen LogP contribution in [0.5, 0.6) is 0 Å². The third kappa shape index (κ3) is 2.79. The topological polar surface area (TPSA) is 72.9 Å². The SMILES string of the molecule is CC(Cn1ccnc1C(C)C)C(=O)NN. The van der Waals surface area contributed by atoms with Crippen LogP contribution in [0.1, 0.15) is 32.5 Å². The van der Waals surface area contributed by atoms with Crippen molar-refractivity contribution in [3.05, 3.63) is 18.2 Å². The van der Waals surface area contributed by atoms with Gasteiger partial charge in [0.2, 0.25) is 5.91 Å². The molecule has 1 amide bonds. The summed E-state index contributed by atoms with van der Waals surface area (Å²) in [4.78, 5) is 15.5.